The number of aryl methyl sites for hydroxylation is 2. The minimum absolute atomic E-state index is 0.00849. The van der Waals surface area contributed by atoms with E-state index >= 15 is 0 Å². The largest absolute Gasteiger partial charge is 0.336 e. The summed E-state index contributed by atoms with van der Waals surface area (Å²) in [5.41, 5.74) is 2.39. The first kappa shape index (κ1) is 21.6. The van der Waals surface area contributed by atoms with Gasteiger partial charge in [-0.3, -0.25) is 14.6 Å². The van der Waals surface area contributed by atoms with Crippen molar-refractivity contribution in [1.82, 2.24) is 19.9 Å². The molecule has 168 valence electrons. The zero-order valence-electron chi connectivity index (χ0n) is 18.1. The highest BCUT2D eigenvalue weighted by molar-refractivity contribution is 7.98. The van der Waals surface area contributed by atoms with Crippen LogP contribution in [0.3, 0.4) is 0 Å². The smallest absolute Gasteiger partial charge is 0.259 e. The molecule has 8 heteroatoms. The molecule has 0 bridgehead atoms. The molecule has 3 aromatic rings. The molecule has 1 aliphatic heterocycles. The fraction of sp³-hybridized carbons (Fsp3) is 0.500. The van der Waals surface area contributed by atoms with Crippen LogP contribution in [0.15, 0.2) is 29.3 Å². The molecule has 1 fully saturated rings. The summed E-state index contributed by atoms with van der Waals surface area (Å²) in [7, 11) is 0. The van der Waals surface area contributed by atoms with E-state index in [0.717, 1.165) is 61.0 Å². The van der Waals surface area contributed by atoms with Gasteiger partial charge in [0.25, 0.3) is 5.56 Å². The molecular formula is C24H28N4O2S2. The minimum atomic E-state index is -0.00849. The molecule has 6 nitrogen and oxygen atoms in total. The Labute approximate surface area is 195 Å². The quantitative estimate of drug-likeness (QED) is 0.534. The summed E-state index contributed by atoms with van der Waals surface area (Å²) in [6.45, 7) is 0.824. The second-order valence-electron chi connectivity index (χ2n) is 8.59. The Hall–Kier alpha value is -2.19. The third-order valence-corrected chi connectivity index (χ3v) is 8.64. The summed E-state index contributed by atoms with van der Waals surface area (Å²) < 4.78 is 0. The molecule has 0 radical (unpaired) electrons. The van der Waals surface area contributed by atoms with E-state index in [1.165, 1.54) is 22.4 Å². The number of aromatic amines is 1. The Morgan fingerprint density at radius 3 is 2.94 bits per heavy atom. The van der Waals surface area contributed by atoms with Gasteiger partial charge in [-0.1, -0.05) is 12.8 Å². The second-order valence-corrected chi connectivity index (χ2v) is 10.8. The summed E-state index contributed by atoms with van der Waals surface area (Å²) in [5, 5.41) is 0.801. The van der Waals surface area contributed by atoms with Crippen molar-refractivity contribution < 1.29 is 4.79 Å². The monoisotopic (exact) mass is 468 g/mol. The lowest BCUT2D eigenvalue weighted by molar-refractivity contribution is -0.133. The Balaban J connectivity index is 1.20. The molecule has 1 atom stereocenters. The van der Waals surface area contributed by atoms with Gasteiger partial charge in [0.1, 0.15) is 10.7 Å². The summed E-state index contributed by atoms with van der Waals surface area (Å²) >= 11 is 3.34. The molecule has 0 spiro atoms. The van der Waals surface area contributed by atoms with E-state index in [4.69, 9.17) is 4.98 Å². The molecule has 0 aromatic carbocycles. The van der Waals surface area contributed by atoms with Gasteiger partial charge in [-0.2, -0.15) is 11.8 Å². The molecule has 1 unspecified atom stereocenters. The molecule has 1 aliphatic carbocycles. The zero-order valence-corrected chi connectivity index (χ0v) is 19.8. The van der Waals surface area contributed by atoms with E-state index in [9.17, 15) is 9.59 Å². The first-order valence-corrected chi connectivity index (χ1v) is 13.5. The number of amides is 1. The van der Waals surface area contributed by atoms with Gasteiger partial charge >= 0.3 is 0 Å². The number of likely N-dealkylation sites (tertiary alicyclic amines) is 1. The maximum atomic E-state index is 13.1. The number of nitrogens with zero attached hydrogens (tertiary/aromatic N) is 3. The number of rotatable bonds is 6. The molecule has 32 heavy (non-hydrogen) atoms. The lowest BCUT2D eigenvalue weighted by atomic mass is 10.0. The normalized spacial score (nSPS) is 18.6. The highest BCUT2D eigenvalue weighted by Gasteiger charge is 2.26. The lowest BCUT2D eigenvalue weighted by Crippen LogP contribution is -2.35. The molecule has 1 saturated heterocycles. The van der Waals surface area contributed by atoms with Gasteiger partial charge in [-0.25, -0.2) is 4.98 Å². The van der Waals surface area contributed by atoms with Crippen molar-refractivity contribution in [2.45, 2.75) is 63.2 Å². The molecule has 3 aromatic heterocycles. The second kappa shape index (κ2) is 9.75. The van der Waals surface area contributed by atoms with E-state index in [1.54, 1.807) is 23.1 Å². The number of thiophene rings is 1. The van der Waals surface area contributed by atoms with Crippen molar-refractivity contribution >= 4 is 39.2 Å². The first-order chi connectivity index (χ1) is 15.7. The average Bonchev–Trinajstić information content (AvgIpc) is 3.29. The number of fused-ring (bicyclic) bond motifs is 3. The standard InChI is InChI=1S/C24H28N4O2S2/c29-21(28-13-3-1-2-6-18(28)16-8-11-25-12-9-16)10-14-31-15-20-26-23(30)22-17-5-4-7-19(17)32-24(22)27-20/h8-9,11-12,18H,1-7,10,13-15H2,(H,26,27,30). The van der Waals surface area contributed by atoms with Crippen LogP contribution < -0.4 is 5.56 Å². The van der Waals surface area contributed by atoms with Gasteiger partial charge in [0.15, 0.2) is 0 Å². The molecule has 5 rings (SSSR count). The SMILES string of the molecule is O=C(CCSCc1nc2sc3c(c2c(=O)[nH]1)CCC3)N1CCCCCC1c1ccncc1. The number of hydrogen-bond acceptors (Lipinski definition) is 6. The van der Waals surface area contributed by atoms with E-state index in [2.05, 4.69) is 14.9 Å². The van der Waals surface area contributed by atoms with Gasteiger partial charge in [0.2, 0.25) is 5.91 Å². The number of H-pyrrole nitrogens is 1. The Morgan fingerprint density at radius 1 is 1.19 bits per heavy atom. The number of thioether (sulfide) groups is 1. The third-order valence-electron chi connectivity index (χ3n) is 6.49. The summed E-state index contributed by atoms with van der Waals surface area (Å²) in [4.78, 5) is 41.8. The third kappa shape index (κ3) is 4.48. The fourth-order valence-electron chi connectivity index (χ4n) is 4.93. The zero-order chi connectivity index (χ0) is 21.9. The van der Waals surface area contributed by atoms with E-state index < -0.39 is 0 Å². The molecule has 1 amide bonds. The van der Waals surface area contributed by atoms with Gasteiger partial charge in [-0.15, -0.1) is 11.3 Å². The van der Waals surface area contributed by atoms with Crippen molar-refractivity contribution in [1.29, 1.82) is 0 Å². The topological polar surface area (TPSA) is 79.0 Å². The number of nitrogens with one attached hydrogen (secondary N) is 1. The Morgan fingerprint density at radius 2 is 2.06 bits per heavy atom. The summed E-state index contributed by atoms with van der Waals surface area (Å²) in [5.74, 6) is 2.27. The van der Waals surface area contributed by atoms with Crippen LogP contribution in [-0.2, 0) is 23.4 Å². The van der Waals surface area contributed by atoms with Crippen molar-refractivity contribution in [3.63, 3.8) is 0 Å². The average molecular weight is 469 g/mol. The van der Waals surface area contributed by atoms with Gasteiger partial charge in [0, 0.05) is 36.0 Å². The van der Waals surface area contributed by atoms with Crippen LogP contribution in [-0.4, -0.2) is 38.1 Å². The van der Waals surface area contributed by atoms with E-state index in [-0.39, 0.29) is 17.5 Å². The number of pyridine rings is 1. The Kier molecular flexibility index (Phi) is 6.59. The first-order valence-electron chi connectivity index (χ1n) is 11.5. The van der Waals surface area contributed by atoms with Crippen LogP contribution in [0.5, 0.6) is 0 Å². The number of hydrogen-bond donors (Lipinski definition) is 1. The van der Waals surface area contributed by atoms with Crippen LogP contribution in [0.25, 0.3) is 10.2 Å². The molecule has 4 heterocycles. The van der Waals surface area contributed by atoms with Gasteiger partial charge < -0.3 is 9.88 Å². The highest BCUT2D eigenvalue weighted by atomic mass is 32.2. The van der Waals surface area contributed by atoms with E-state index in [1.807, 2.05) is 24.5 Å². The van der Waals surface area contributed by atoms with Crippen LogP contribution in [0.2, 0.25) is 0 Å². The van der Waals surface area contributed by atoms with Crippen LogP contribution in [0, 0.1) is 0 Å². The fourth-order valence-corrected chi connectivity index (χ4v) is 7.00. The molecular weight excluding hydrogens is 440 g/mol. The summed E-state index contributed by atoms with van der Waals surface area (Å²) in [6.07, 6.45) is 11.7. The van der Waals surface area contributed by atoms with Crippen LogP contribution in [0.4, 0.5) is 0 Å². The maximum Gasteiger partial charge on any atom is 0.259 e. The van der Waals surface area contributed by atoms with Crippen LogP contribution >= 0.6 is 23.1 Å². The van der Waals surface area contributed by atoms with Crippen molar-refractivity contribution in [2.75, 3.05) is 12.3 Å². The highest BCUT2D eigenvalue weighted by Crippen LogP contribution is 2.35. The number of aromatic nitrogens is 3. The van der Waals surface area contributed by atoms with Crippen molar-refractivity contribution in [3.8, 4) is 0 Å². The molecule has 1 N–H and O–H groups in total. The Bertz CT molecular complexity index is 1160. The predicted molar refractivity (Wildman–Crippen MR) is 130 cm³/mol. The number of carbonyl (C=O) groups is 1. The summed E-state index contributed by atoms with van der Waals surface area (Å²) in [6, 6.07) is 4.21. The van der Waals surface area contributed by atoms with Crippen molar-refractivity contribution in [2.24, 2.45) is 0 Å². The van der Waals surface area contributed by atoms with Gasteiger partial charge in [0.05, 0.1) is 17.2 Å². The maximum absolute atomic E-state index is 13.1. The van der Waals surface area contributed by atoms with Gasteiger partial charge in [-0.05, 0) is 55.4 Å². The van der Waals surface area contributed by atoms with Crippen LogP contribution in [0.1, 0.15) is 66.4 Å². The lowest BCUT2D eigenvalue weighted by Gasteiger charge is -2.30. The molecule has 0 saturated carbocycles. The number of carbonyl (C=O) groups excluding carboxylic acids is 1. The van der Waals surface area contributed by atoms with Crippen molar-refractivity contribution in [3.05, 3.63) is 56.7 Å². The van der Waals surface area contributed by atoms with E-state index in [0.29, 0.717) is 18.0 Å². The minimum Gasteiger partial charge on any atom is -0.336 e. The molecule has 2 aliphatic rings. The predicted octanol–water partition coefficient (Wildman–Crippen LogP) is 4.64.